The fraction of sp³-hybridized carbons (Fsp3) is 1.00. The van der Waals surface area contributed by atoms with Gasteiger partial charge >= 0.3 is 0 Å². The van der Waals surface area contributed by atoms with E-state index in [4.69, 9.17) is 4.74 Å². The Hall–Kier alpha value is 0.210. The van der Waals surface area contributed by atoms with E-state index >= 15 is 0 Å². The zero-order chi connectivity index (χ0) is 6.41. The van der Waals surface area contributed by atoms with Crippen molar-refractivity contribution in [1.29, 1.82) is 0 Å². The fourth-order valence-electron chi connectivity index (χ4n) is 0.450. The smallest absolute Gasteiger partial charge is 0.0961 e. The molecule has 0 unspecified atom stereocenters. The third-order valence-corrected chi connectivity index (χ3v) is 0.799. The van der Waals surface area contributed by atoms with E-state index < -0.39 is 0 Å². The monoisotopic (exact) mass is 153 g/mol. The van der Waals surface area contributed by atoms with Crippen LogP contribution in [0.15, 0.2) is 0 Å². The van der Waals surface area contributed by atoms with Gasteiger partial charge in [-0.3, -0.25) is 5.32 Å². The molecule has 0 amide bonds. The van der Waals surface area contributed by atoms with Crippen molar-refractivity contribution in [2.75, 3.05) is 20.4 Å². The SMILES string of the molecule is COCNCC(C)C.Cl. The quantitative estimate of drug-likeness (QED) is 0.485. The van der Waals surface area contributed by atoms with Gasteiger partial charge in [0.25, 0.3) is 0 Å². The molecular weight excluding hydrogens is 138 g/mol. The lowest BCUT2D eigenvalue weighted by molar-refractivity contribution is 0.172. The van der Waals surface area contributed by atoms with Crippen LogP contribution in [0.4, 0.5) is 0 Å². The van der Waals surface area contributed by atoms with E-state index in [1.54, 1.807) is 7.11 Å². The topological polar surface area (TPSA) is 21.3 Å². The summed E-state index contributed by atoms with van der Waals surface area (Å²) >= 11 is 0. The summed E-state index contributed by atoms with van der Waals surface area (Å²) in [5.74, 6) is 0.713. The minimum absolute atomic E-state index is 0. The van der Waals surface area contributed by atoms with E-state index in [1.807, 2.05) is 0 Å². The molecule has 0 bridgehead atoms. The average Bonchev–Trinajstić information content (AvgIpc) is 1.66. The standard InChI is InChI=1S/C6H15NO.ClH/c1-6(2)4-7-5-8-3;/h6-7H,4-5H2,1-3H3;1H. The van der Waals surface area contributed by atoms with Crippen molar-refractivity contribution in [3.05, 3.63) is 0 Å². The molecule has 0 saturated carbocycles. The zero-order valence-corrected chi connectivity index (χ0v) is 7.12. The first-order valence-electron chi connectivity index (χ1n) is 2.97. The Labute approximate surface area is 63.4 Å². The number of methoxy groups -OCH3 is 1. The van der Waals surface area contributed by atoms with Crippen molar-refractivity contribution >= 4 is 12.4 Å². The normalized spacial score (nSPS) is 9.33. The molecule has 0 spiro atoms. The van der Waals surface area contributed by atoms with Gasteiger partial charge < -0.3 is 4.74 Å². The number of halogens is 1. The van der Waals surface area contributed by atoms with Crippen LogP contribution in [0.2, 0.25) is 0 Å². The maximum atomic E-state index is 4.78. The van der Waals surface area contributed by atoms with Crippen molar-refractivity contribution in [2.45, 2.75) is 13.8 Å². The number of hydrogen-bond donors (Lipinski definition) is 1. The van der Waals surface area contributed by atoms with Crippen molar-refractivity contribution in [2.24, 2.45) is 5.92 Å². The van der Waals surface area contributed by atoms with E-state index in [9.17, 15) is 0 Å². The van der Waals surface area contributed by atoms with Crippen LogP contribution in [0, 0.1) is 5.92 Å². The lowest BCUT2D eigenvalue weighted by atomic mass is 10.2. The first-order chi connectivity index (χ1) is 3.77. The molecule has 0 aromatic carbocycles. The van der Waals surface area contributed by atoms with Gasteiger partial charge in [-0.2, -0.15) is 0 Å². The van der Waals surface area contributed by atoms with Crippen molar-refractivity contribution in [1.82, 2.24) is 5.32 Å². The summed E-state index contributed by atoms with van der Waals surface area (Å²) in [5.41, 5.74) is 0. The Morgan fingerprint density at radius 3 is 2.33 bits per heavy atom. The molecule has 0 radical (unpaired) electrons. The highest BCUT2D eigenvalue weighted by Gasteiger charge is 1.88. The van der Waals surface area contributed by atoms with Gasteiger partial charge in [0, 0.05) is 7.11 Å². The molecule has 0 aromatic rings. The second-order valence-corrected chi connectivity index (χ2v) is 2.28. The van der Waals surface area contributed by atoms with Gasteiger partial charge in [-0.25, -0.2) is 0 Å². The van der Waals surface area contributed by atoms with Crippen molar-refractivity contribution in [3.63, 3.8) is 0 Å². The molecule has 0 aliphatic carbocycles. The van der Waals surface area contributed by atoms with Gasteiger partial charge in [0.15, 0.2) is 0 Å². The molecule has 3 heteroatoms. The van der Waals surface area contributed by atoms with Gasteiger partial charge in [-0.1, -0.05) is 13.8 Å². The lowest BCUT2D eigenvalue weighted by Crippen LogP contribution is -2.21. The summed E-state index contributed by atoms with van der Waals surface area (Å²) < 4.78 is 4.78. The Kier molecular flexibility index (Phi) is 10.9. The summed E-state index contributed by atoms with van der Waals surface area (Å²) in [7, 11) is 1.69. The number of hydrogen-bond acceptors (Lipinski definition) is 2. The molecule has 0 atom stereocenters. The third kappa shape index (κ3) is 11.7. The van der Waals surface area contributed by atoms with Gasteiger partial charge in [0.1, 0.15) is 0 Å². The molecule has 9 heavy (non-hydrogen) atoms. The van der Waals surface area contributed by atoms with Crippen molar-refractivity contribution in [3.8, 4) is 0 Å². The van der Waals surface area contributed by atoms with Gasteiger partial charge in [0.05, 0.1) is 6.73 Å². The summed E-state index contributed by atoms with van der Waals surface area (Å²) in [6.45, 7) is 6.04. The van der Waals surface area contributed by atoms with Gasteiger partial charge in [-0.15, -0.1) is 12.4 Å². The van der Waals surface area contributed by atoms with E-state index in [-0.39, 0.29) is 12.4 Å². The van der Waals surface area contributed by atoms with Crippen LogP contribution in [0.3, 0.4) is 0 Å². The maximum absolute atomic E-state index is 4.78. The molecule has 0 aliphatic rings. The predicted molar refractivity (Wildman–Crippen MR) is 42.0 cm³/mol. The minimum atomic E-state index is 0. The zero-order valence-electron chi connectivity index (χ0n) is 6.31. The van der Waals surface area contributed by atoms with Gasteiger partial charge in [-0.05, 0) is 12.5 Å². The van der Waals surface area contributed by atoms with E-state index in [2.05, 4.69) is 19.2 Å². The van der Waals surface area contributed by atoms with E-state index in [1.165, 1.54) is 0 Å². The van der Waals surface area contributed by atoms with Crippen LogP contribution in [-0.4, -0.2) is 20.4 Å². The average molecular weight is 154 g/mol. The summed E-state index contributed by atoms with van der Waals surface area (Å²) in [6.07, 6.45) is 0. The number of rotatable bonds is 4. The Morgan fingerprint density at radius 1 is 1.44 bits per heavy atom. The second kappa shape index (κ2) is 8.21. The first-order valence-corrected chi connectivity index (χ1v) is 2.97. The summed E-state index contributed by atoms with van der Waals surface area (Å²) in [5, 5.41) is 3.11. The molecule has 0 heterocycles. The molecule has 0 saturated heterocycles. The van der Waals surface area contributed by atoms with E-state index in [0.29, 0.717) is 12.6 Å². The van der Waals surface area contributed by atoms with E-state index in [0.717, 1.165) is 6.54 Å². The van der Waals surface area contributed by atoms with Crippen LogP contribution in [0.25, 0.3) is 0 Å². The van der Waals surface area contributed by atoms with Crippen LogP contribution < -0.4 is 5.32 Å². The maximum Gasteiger partial charge on any atom is 0.0961 e. The number of ether oxygens (including phenoxy) is 1. The number of nitrogens with one attached hydrogen (secondary N) is 1. The molecule has 1 N–H and O–H groups in total. The highest BCUT2D eigenvalue weighted by Crippen LogP contribution is 1.85. The second-order valence-electron chi connectivity index (χ2n) is 2.28. The molecule has 0 aliphatic heterocycles. The van der Waals surface area contributed by atoms with Crippen LogP contribution >= 0.6 is 12.4 Å². The first kappa shape index (κ1) is 11.9. The molecule has 58 valence electrons. The lowest BCUT2D eigenvalue weighted by Gasteiger charge is -2.04. The molecule has 2 nitrogen and oxygen atoms in total. The Morgan fingerprint density at radius 2 is 2.00 bits per heavy atom. The Bertz CT molecular complexity index is 50.3. The fourth-order valence-corrected chi connectivity index (χ4v) is 0.450. The molecule has 0 aromatic heterocycles. The summed E-state index contributed by atoms with van der Waals surface area (Å²) in [4.78, 5) is 0. The predicted octanol–water partition coefficient (Wildman–Crippen LogP) is 1.26. The molecule has 0 fully saturated rings. The minimum Gasteiger partial charge on any atom is -0.370 e. The van der Waals surface area contributed by atoms with Crippen LogP contribution in [0.1, 0.15) is 13.8 Å². The molecule has 0 rings (SSSR count). The van der Waals surface area contributed by atoms with Crippen LogP contribution in [0.5, 0.6) is 0 Å². The Balaban J connectivity index is 0. The third-order valence-electron chi connectivity index (χ3n) is 0.799. The molecular formula is C6H16ClNO. The highest BCUT2D eigenvalue weighted by atomic mass is 35.5. The van der Waals surface area contributed by atoms with Crippen molar-refractivity contribution < 1.29 is 4.74 Å². The largest absolute Gasteiger partial charge is 0.370 e. The summed E-state index contributed by atoms with van der Waals surface area (Å²) in [6, 6.07) is 0. The highest BCUT2D eigenvalue weighted by molar-refractivity contribution is 5.85. The van der Waals surface area contributed by atoms with Gasteiger partial charge in [0.2, 0.25) is 0 Å². The van der Waals surface area contributed by atoms with Crippen LogP contribution in [-0.2, 0) is 4.74 Å².